The summed E-state index contributed by atoms with van der Waals surface area (Å²) in [5, 5.41) is 8.45. The zero-order valence-corrected chi connectivity index (χ0v) is 25.9. The van der Waals surface area contributed by atoms with Crippen molar-refractivity contribution in [1.82, 2.24) is 0 Å². The molecule has 0 spiro atoms. The summed E-state index contributed by atoms with van der Waals surface area (Å²) in [7, 11) is -0.597. The fourth-order valence-corrected chi connectivity index (χ4v) is 10.2. The third-order valence-corrected chi connectivity index (χ3v) is 12.0. The van der Waals surface area contributed by atoms with Crippen LogP contribution in [0.5, 0.6) is 0 Å². The number of benzene rings is 4. The van der Waals surface area contributed by atoms with Gasteiger partial charge in [-0.15, -0.1) is 0 Å². The number of aliphatic imine (C=N–C) groups is 1. The van der Waals surface area contributed by atoms with Crippen LogP contribution in [0.2, 0.25) is 0 Å². The number of ether oxygens (including phenoxy) is 1. The van der Waals surface area contributed by atoms with E-state index in [1.54, 1.807) is 0 Å². The van der Waals surface area contributed by atoms with Crippen LogP contribution >= 0.6 is 7.92 Å². The van der Waals surface area contributed by atoms with E-state index in [2.05, 4.69) is 98.8 Å². The number of hydrogen-bond donors (Lipinski definition) is 0. The average Bonchev–Trinajstić information content (AvgIpc) is 3.77. The first kappa shape index (κ1) is 29.3. The predicted octanol–water partition coefficient (Wildman–Crippen LogP) is 9.00. The smallest absolute Gasteiger partial charge is 0.187 e. The second-order valence-corrected chi connectivity index (χ2v) is 14.2. The van der Waals surface area contributed by atoms with E-state index in [9.17, 15) is 0 Å². The van der Waals surface area contributed by atoms with Gasteiger partial charge >= 0.3 is 0 Å². The molecule has 4 aromatic carbocycles. The van der Waals surface area contributed by atoms with Gasteiger partial charge in [-0.3, -0.25) is 0 Å². The molecule has 0 radical (unpaired) electrons. The summed E-state index contributed by atoms with van der Waals surface area (Å²) in [4.78, 5) is 5.12. The Kier molecular flexibility index (Phi) is 10.0. The standard InChI is InChI=1S/C31H32NOP.C5H10.Fe/c1-21(2)27-20-33-31(32-27)26-16-9-19-30(26)34(28-17-7-12-22-10-3-5-14-24(22)28)29-18-8-13-23-11-4-6-15-25(23)29;1-2-4-5-3-1;/h3-8,10-15,17-18,21,26-27,30H,9,16,19-20H2,1-2H3;1-5H2;/t26?,27-,30?;;/m1../s1. The Bertz CT molecular complexity index is 1350. The fourth-order valence-electron chi connectivity index (χ4n) is 6.70. The van der Waals surface area contributed by atoms with Gasteiger partial charge in [0.2, 0.25) is 0 Å². The predicted molar refractivity (Wildman–Crippen MR) is 170 cm³/mol. The monoisotopic (exact) mass is 591 g/mol. The first-order valence-electron chi connectivity index (χ1n) is 15.2. The van der Waals surface area contributed by atoms with Gasteiger partial charge in [0.1, 0.15) is 6.61 Å². The van der Waals surface area contributed by atoms with Gasteiger partial charge in [-0.2, -0.15) is 0 Å². The quantitative estimate of drug-likeness (QED) is 0.168. The van der Waals surface area contributed by atoms with Gasteiger partial charge in [0.05, 0.1) is 6.04 Å². The number of hydrogen-bond acceptors (Lipinski definition) is 2. The van der Waals surface area contributed by atoms with Crippen LogP contribution in [0.3, 0.4) is 0 Å². The van der Waals surface area contributed by atoms with Crippen LogP contribution < -0.4 is 10.6 Å². The average molecular weight is 592 g/mol. The summed E-state index contributed by atoms with van der Waals surface area (Å²) in [6, 6.07) is 31.9. The minimum absolute atomic E-state index is 0. The molecule has 3 aliphatic rings. The molecule has 0 saturated heterocycles. The molecule has 40 heavy (non-hydrogen) atoms. The third-order valence-electron chi connectivity index (χ3n) is 8.90. The van der Waals surface area contributed by atoms with Crippen molar-refractivity contribution >= 4 is 46.0 Å². The molecule has 2 fully saturated rings. The molecule has 3 atom stereocenters. The minimum atomic E-state index is -0.597. The van der Waals surface area contributed by atoms with Crippen molar-refractivity contribution < 1.29 is 21.8 Å². The molecule has 7 rings (SSSR count). The molecule has 0 aromatic heterocycles. The van der Waals surface area contributed by atoms with Gasteiger partial charge in [-0.05, 0) is 64.5 Å². The van der Waals surface area contributed by atoms with Crippen molar-refractivity contribution in [3.05, 3.63) is 84.9 Å². The first-order chi connectivity index (χ1) is 19.2. The van der Waals surface area contributed by atoms with Crippen LogP contribution in [-0.4, -0.2) is 24.2 Å². The third kappa shape index (κ3) is 6.18. The number of nitrogens with zero attached hydrogens (tertiary/aromatic N) is 1. The first-order valence-corrected chi connectivity index (χ1v) is 16.6. The Hall–Kier alpha value is -2.18. The molecule has 2 nitrogen and oxygen atoms in total. The Morgan fingerprint density at radius 3 is 1.73 bits per heavy atom. The van der Waals surface area contributed by atoms with Gasteiger partial charge in [-0.25, -0.2) is 4.99 Å². The topological polar surface area (TPSA) is 21.6 Å². The Labute approximate surface area is 252 Å². The second-order valence-electron chi connectivity index (χ2n) is 11.8. The molecule has 1 aliphatic heterocycles. The van der Waals surface area contributed by atoms with Crippen LogP contribution in [0, 0.1) is 11.8 Å². The van der Waals surface area contributed by atoms with E-state index in [-0.39, 0.29) is 17.1 Å². The fraction of sp³-hybridized carbons (Fsp3) is 0.417. The van der Waals surface area contributed by atoms with Crippen LogP contribution in [-0.2, 0) is 21.8 Å². The Balaban J connectivity index is 0.000000487. The molecule has 2 aliphatic carbocycles. The van der Waals surface area contributed by atoms with E-state index in [0.717, 1.165) is 12.5 Å². The van der Waals surface area contributed by atoms with Crippen molar-refractivity contribution in [2.75, 3.05) is 6.61 Å². The molecule has 2 saturated carbocycles. The minimum Gasteiger partial charge on any atom is -0.478 e. The van der Waals surface area contributed by atoms with E-state index in [1.165, 1.54) is 83.5 Å². The maximum absolute atomic E-state index is 6.30. The van der Waals surface area contributed by atoms with Gasteiger partial charge in [-0.1, -0.05) is 137 Å². The molecule has 2 unspecified atom stereocenters. The Morgan fingerprint density at radius 1 is 0.675 bits per heavy atom. The maximum Gasteiger partial charge on any atom is 0.187 e. The van der Waals surface area contributed by atoms with E-state index >= 15 is 0 Å². The zero-order valence-electron chi connectivity index (χ0n) is 23.9. The van der Waals surface area contributed by atoms with Crippen molar-refractivity contribution in [3.63, 3.8) is 0 Å². The SMILES string of the molecule is C1CCCC1.CC(C)[C@H]1COC(C2CCCC2P(c2cccc3ccccc23)c2cccc3ccccc23)=N1.[Fe]. The van der Waals surface area contributed by atoms with E-state index in [1.807, 2.05) is 0 Å². The van der Waals surface area contributed by atoms with Crippen LogP contribution in [0.4, 0.5) is 0 Å². The molecular weight excluding hydrogens is 549 g/mol. The van der Waals surface area contributed by atoms with E-state index in [4.69, 9.17) is 9.73 Å². The summed E-state index contributed by atoms with van der Waals surface area (Å²) in [6.45, 7) is 5.26. The molecule has 0 amide bonds. The van der Waals surface area contributed by atoms with Crippen molar-refractivity contribution in [1.29, 1.82) is 0 Å². The van der Waals surface area contributed by atoms with Crippen molar-refractivity contribution in [2.45, 2.75) is 76.9 Å². The summed E-state index contributed by atoms with van der Waals surface area (Å²) < 4.78 is 6.30. The molecule has 4 aromatic rings. The van der Waals surface area contributed by atoms with Crippen LogP contribution in [0.1, 0.15) is 65.2 Å². The second kappa shape index (κ2) is 13.7. The summed E-state index contributed by atoms with van der Waals surface area (Å²) >= 11 is 0. The molecule has 1 heterocycles. The normalized spacial score (nSPS) is 22.2. The van der Waals surface area contributed by atoms with Gasteiger partial charge in [0.25, 0.3) is 0 Å². The van der Waals surface area contributed by atoms with Gasteiger partial charge in [0.15, 0.2) is 5.90 Å². The molecule has 0 bridgehead atoms. The van der Waals surface area contributed by atoms with Gasteiger partial charge < -0.3 is 4.74 Å². The van der Waals surface area contributed by atoms with Crippen molar-refractivity contribution in [3.8, 4) is 0 Å². The van der Waals surface area contributed by atoms with E-state index in [0.29, 0.717) is 23.5 Å². The Morgan fingerprint density at radius 2 is 1.20 bits per heavy atom. The molecule has 0 N–H and O–H groups in total. The van der Waals surface area contributed by atoms with Crippen molar-refractivity contribution in [2.24, 2.45) is 16.8 Å². The maximum atomic E-state index is 6.30. The molecule has 4 heteroatoms. The van der Waals surface area contributed by atoms with Crippen LogP contribution in [0.25, 0.3) is 21.5 Å². The van der Waals surface area contributed by atoms with Gasteiger partial charge in [0, 0.05) is 23.0 Å². The largest absolute Gasteiger partial charge is 0.478 e. The summed E-state index contributed by atoms with van der Waals surface area (Å²) in [5.74, 6) is 1.97. The summed E-state index contributed by atoms with van der Waals surface area (Å²) in [5.41, 5.74) is 0.538. The molecule has 210 valence electrons. The summed E-state index contributed by atoms with van der Waals surface area (Å²) in [6.07, 6.45) is 11.2. The van der Waals surface area contributed by atoms with Crippen LogP contribution in [0.15, 0.2) is 89.9 Å². The number of rotatable bonds is 5. The van der Waals surface area contributed by atoms with E-state index < -0.39 is 7.92 Å². The zero-order chi connectivity index (χ0) is 26.6. The number of fused-ring (bicyclic) bond motifs is 2. The molecular formula is C36H42FeNOP.